The zero-order valence-electron chi connectivity index (χ0n) is 15.7. The predicted molar refractivity (Wildman–Crippen MR) is 94.7 cm³/mol. The van der Waals surface area contributed by atoms with E-state index in [1.54, 1.807) is 0 Å². The maximum Gasteiger partial charge on any atom is 0.411 e. The number of carbonyl (C=O) groups excluding carboxylic acids is 2. The average Bonchev–Trinajstić information content (AvgIpc) is 2.89. The highest BCUT2D eigenvalue weighted by molar-refractivity contribution is 6.02. The van der Waals surface area contributed by atoms with Crippen LogP contribution in [0.15, 0.2) is 5.10 Å². The van der Waals surface area contributed by atoms with Gasteiger partial charge in [0, 0.05) is 25.0 Å². The van der Waals surface area contributed by atoms with Crippen molar-refractivity contribution in [2.75, 3.05) is 26.3 Å². The first-order valence-electron chi connectivity index (χ1n) is 9.55. The van der Waals surface area contributed by atoms with Crippen molar-refractivity contribution in [3.63, 3.8) is 0 Å². The van der Waals surface area contributed by atoms with Crippen LogP contribution in [0.1, 0.15) is 40.0 Å². The normalized spacial score (nSPS) is 34.8. The Bertz CT molecular complexity index is 623. The molecule has 0 aromatic heterocycles. The van der Waals surface area contributed by atoms with E-state index in [9.17, 15) is 9.59 Å². The maximum absolute atomic E-state index is 12.7. The lowest BCUT2D eigenvalue weighted by Crippen LogP contribution is -2.64. The molecule has 0 aromatic carbocycles. The van der Waals surface area contributed by atoms with E-state index in [0.29, 0.717) is 13.2 Å². The molecular weight excluding hydrogens is 336 g/mol. The highest BCUT2D eigenvalue weighted by atomic mass is 16.6. The number of morpholine rings is 1. The Hall–Kier alpha value is -1.67. The van der Waals surface area contributed by atoms with Crippen LogP contribution < -0.4 is 5.43 Å². The zero-order valence-corrected chi connectivity index (χ0v) is 15.7. The van der Waals surface area contributed by atoms with E-state index < -0.39 is 5.60 Å². The molecule has 2 amide bonds. The number of ether oxygens (including phenoxy) is 2. The van der Waals surface area contributed by atoms with E-state index >= 15 is 0 Å². The summed E-state index contributed by atoms with van der Waals surface area (Å²) in [5.74, 6) is 0.0313. The molecule has 3 fully saturated rings. The minimum absolute atomic E-state index is 0.0363. The number of hydrazone groups is 1. The van der Waals surface area contributed by atoms with Gasteiger partial charge in [0.25, 0.3) is 5.91 Å². The van der Waals surface area contributed by atoms with Crippen molar-refractivity contribution in [2.45, 2.75) is 63.8 Å². The molecular formula is C18H28N4O4. The molecule has 8 heteroatoms. The molecule has 4 unspecified atom stereocenters. The number of carbonyl (C=O) groups is 2. The van der Waals surface area contributed by atoms with Gasteiger partial charge < -0.3 is 9.47 Å². The van der Waals surface area contributed by atoms with E-state index in [0.717, 1.165) is 38.1 Å². The smallest absolute Gasteiger partial charge is 0.411 e. The molecule has 0 spiro atoms. The SMILES string of the molecule is CC(C)(C)OC(=O)N1C2CCC1C1=NNC(=O)C(N3CCOCC3)C1C2. The van der Waals surface area contributed by atoms with E-state index in [1.807, 2.05) is 25.7 Å². The van der Waals surface area contributed by atoms with Gasteiger partial charge in [0.05, 0.1) is 31.0 Å². The van der Waals surface area contributed by atoms with Crippen LogP contribution in [0.2, 0.25) is 0 Å². The Labute approximate surface area is 153 Å². The van der Waals surface area contributed by atoms with Gasteiger partial charge in [0.2, 0.25) is 0 Å². The van der Waals surface area contributed by atoms with E-state index in [1.165, 1.54) is 0 Å². The minimum Gasteiger partial charge on any atom is -0.444 e. The number of hydrogen-bond acceptors (Lipinski definition) is 6. The average molecular weight is 364 g/mol. The number of nitrogens with zero attached hydrogens (tertiary/aromatic N) is 3. The molecule has 26 heavy (non-hydrogen) atoms. The second kappa shape index (κ2) is 6.49. The quantitative estimate of drug-likeness (QED) is 0.749. The van der Waals surface area contributed by atoms with Gasteiger partial charge >= 0.3 is 6.09 Å². The molecule has 1 N–H and O–H groups in total. The van der Waals surface area contributed by atoms with E-state index in [-0.39, 0.29) is 36.0 Å². The van der Waals surface area contributed by atoms with Crippen molar-refractivity contribution >= 4 is 17.7 Å². The van der Waals surface area contributed by atoms with Gasteiger partial charge in [-0.3, -0.25) is 14.6 Å². The van der Waals surface area contributed by atoms with Crippen molar-refractivity contribution in [2.24, 2.45) is 11.0 Å². The second-order valence-corrected chi connectivity index (χ2v) is 8.58. The summed E-state index contributed by atoms with van der Waals surface area (Å²) in [5, 5.41) is 4.40. The number of amides is 2. The molecule has 0 aromatic rings. The van der Waals surface area contributed by atoms with Crippen molar-refractivity contribution in [1.82, 2.24) is 15.2 Å². The summed E-state index contributed by atoms with van der Waals surface area (Å²) >= 11 is 0. The third-order valence-electron chi connectivity index (χ3n) is 5.74. The third kappa shape index (κ3) is 3.09. The van der Waals surface area contributed by atoms with Crippen LogP contribution in [0.4, 0.5) is 4.79 Å². The lowest BCUT2D eigenvalue weighted by atomic mass is 9.81. The first-order valence-corrected chi connectivity index (χ1v) is 9.55. The summed E-state index contributed by atoms with van der Waals surface area (Å²) in [4.78, 5) is 29.4. The van der Waals surface area contributed by atoms with Gasteiger partial charge in [-0.05, 0) is 40.0 Å². The van der Waals surface area contributed by atoms with Crippen LogP contribution in [-0.4, -0.2) is 77.5 Å². The molecule has 2 bridgehead atoms. The fourth-order valence-corrected chi connectivity index (χ4v) is 4.75. The Morgan fingerprint density at radius 2 is 2.00 bits per heavy atom. The highest BCUT2D eigenvalue weighted by Crippen LogP contribution is 2.41. The molecule has 0 radical (unpaired) electrons. The Kier molecular flexibility index (Phi) is 4.43. The number of nitrogens with one attached hydrogen (secondary N) is 1. The van der Waals surface area contributed by atoms with Crippen LogP contribution in [0.3, 0.4) is 0 Å². The molecule has 144 valence electrons. The van der Waals surface area contributed by atoms with Crippen molar-refractivity contribution in [3.8, 4) is 0 Å². The lowest BCUT2D eigenvalue weighted by molar-refractivity contribution is -0.131. The van der Waals surface area contributed by atoms with Gasteiger partial charge in [0.15, 0.2) is 0 Å². The monoisotopic (exact) mass is 364 g/mol. The lowest BCUT2D eigenvalue weighted by Gasteiger charge is -2.46. The fraction of sp³-hybridized carbons (Fsp3) is 0.833. The van der Waals surface area contributed by atoms with Gasteiger partial charge in [0.1, 0.15) is 5.60 Å². The summed E-state index contributed by atoms with van der Waals surface area (Å²) in [7, 11) is 0. The fourth-order valence-electron chi connectivity index (χ4n) is 4.75. The van der Waals surface area contributed by atoms with Gasteiger partial charge in [-0.15, -0.1) is 0 Å². The van der Waals surface area contributed by atoms with Crippen LogP contribution in [-0.2, 0) is 14.3 Å². The number of rotatable bonds is 1. The third-order valence-corrected chi connectivity index (χ3v) is 5.74. The summed E-state index contributed by atoms with van der Waals surface area (Å²) in [6, 6.07) is -0.165. The topological polar surface area (TPSA) is 83.5 Å². The summed E-state index contributed by atoms with van der Waals surface area (Å²) < 4.78 is 11.1. The first-order chi connectivity index (χ1) is 12.3. The summed E-state index contributed by atoms with van der Waals surface area (Å²) in [6.45, 7) is 8.46. The predicted octanol–water partition coefficient (Wildman–Crippen LogP) is 0.961. The largest absolute Gasteiger partial charge is 0.444 e. The molecule has 4 aliphatic heterocycles. The standard InChI is InChI=1S/C18H28N4O4/c1-18(2,3)26-17(24)22-11-4-5-13(22)14-12(10-11)15(16(23)20-19-14)21-6-8-25-9-7-21/h11-13,15H,4-10H2,1-3H3,(H,20,23). The van der Waals surface area contributed by atoms with Crippen LogP contribution in [0.5, 0.6) is 0 Å². The Morgan fingerprint density at radius 1 is 1.27 bits per heavy atom. The van der Waals surface area contributed by atoms with Gasteiger partial charge in [-0.2, -0.15) is 5.10 Å². The molecule has 4 aliphatic rings. The molecule has 4 atom stereocenters. The first kappa shape index (κ1) is 17.7. The van der Waals surface area contributed by atoms with Crippen molar-refractivity contribution < 1.29 is 19.1 Å². The molecule has 4 rings (SSSR count). The van der Waals surface area contributed by atoms with Crippen molar-refractivity contribution in [3.05, 3.63) is 0 Å². The van der Waals surface area contributed by atoms with Gasteiger partial charge in [-0.1, -0.05) is 0 Å². The van der Waals surface area contributed by atoms with E-state index in [4.69, 9.17) is 9.47 Å². The zero-order chi connectivity index (χ0) is 18.5. The van der Waals surface area contributed by atoms with Crippen LogP contribution >= 0.6 is 0 Å². The number of fused-ring (bicyclic) bond motifs is 4. The highest BCUT2D eigenvalue weighted by Gasteiger charge is 2.54. The molecule has 3 saturated heterocycles. The van der Waals surface area contributed by atoms with Crippen LogP contribution in [0.25, 0.3) is 0 Å². The molecule has 0 saturated carbocycles. The van der Waals surface area contributed by atoms with Gasteiger partial charge in [-0.25, -0.2) is 10.2 Å². The Morgan fingerprint density at radius 3 is 2.69 bits per heavy atom. The Balaban J connectivity index is 1.57. The van der Waals surface area contributed by atoms with Crippen molar-refractivity contribution in [1.29, 1.82) is 0 Å². The number of hydrogen-bond donors (Lipinski definition) is 1. The van der Waals surface area contributed by atoms with Crippen LogP contribution in [0, 0.1) is 5.92 Å². The molecule has 0 aliphatic carbocycles. The summed E-state index contributed by atoms with van der Waals surface area (Å²) in [6.07, 6.45) is 2.31. The number of piperidine rings is 1. The van der Waals surface area contributed by atoms with E-state index in [2.05, 4.69) is 15.4 Å². The maximum atomic E-state index is 12.7. The summed E-state index contributed by atoms with van der Waals surface area (Å²) in [5.41, 5.74) is 3.12. The molecule has 4 heterocycles. The minimum atomic E-state index is -0.522. The second-order valence-electron chi connectivity index (χ2n) is 8.58. The molecule has 8 nitrogen and oxygen atoms in total.